The molecule has 1 saturated heterocycles. The van der Waals surface area contributed by atoms with E-state index >= 15 is 0 Å². The van der Waals surface area contributed by atoms with Crippen LogP contribution in [0.3, 0.4) is 0 Å². The Labute approximate surface area is 152 Å². The molecule has 3 aromatic heterocycles. The van der Waals surface area contributed by atoms with Crippen molar-refractivity contribution in [2.24, 2.45) is 7.05 Å². The summed E-state index contributed by atoms with van der Waals surface area (Å²) in [5, 5.41) is 17.5. The summed E-state index contributed by atoms with van der Waals surface area (Å²) >= 11 is 0. The number of aromatic nitrogens is 6. The molecule has 26 heavy (non-hydrogen) atoms. The van der Waals surface area contributed by atoms with E-state index in [-0.39, 0.29) is 0 Å². The average Bonchev–Trinajstić information content (AvgIpc) is 3.21. The summed E-state index contributed by atoms with van der Waals surface area (Å²) < 4.78 is 9.68. The lowest BCUT2D eigenvalue weighted by Gasteiger charge is -2.40. The molecular weight excluding hydrogens is 330 g/mol. The van der Waals surface area contributed by atoms with Crippen molar-refractivity contribution in [2.75, 3.05) is 24.6 Å². The molecule has 0 saturated carbocycles. The highest BCUT2D eigenvalue weighted by Crippen LogP contribution is 2.30. The first-order valence-corrected chi connectivity index (χ1v) is 8.70. The lowest BCUT2D eigenvalue weighted by atomic mass is 9.97. The van der Waals surface area contributed by atoms with Crippen molar-refractivity contribution in [2.45, 2.75) is 26.4 Å². The molecule has 0 radical (unpaired) electrons. The molecule has 8 heteroatoms. The van der Waals surface area contributed by atoms with Gasteiger partial charge in [0.15, 0.2) is 11.6 Å². The zero-order valence-electron chi connectivity index (χ0n) is 15.5. The molecule has 0 spiro atoms. The van der Waals surface area contributed by atoms with E-state index in [2.05, 4.69) is 32.2 Å². The third kappa shape index (κ3) is 2.96. The molecule has 0 bridgehead atoms. The summed E-state index contributed by atoms with van der Waals surface area (Å²) in [7, 11) is 1.91. The van der Waals surface area contributed by atoms with E-state index in [4.69, 9.17) is 4.74 Å². The number of nitrogens with zero attached hydrogens (tertiary/aromatic N) is 7. The van der Waals surface area contributed by atoms with Crippen molar-refractivity contribution in [3.63, 3.8) is 0 Å². The van der Waals surface area contributed by atoms with E-state index in [0.29, 0.717) is 13.2 Å². The number of aryl methyl sites for hydroxylation is 3. The molecule has 4 rings (SSSR count). The fourth-order valence-corrected chi connectivity index (χ4v) is 3.40. The number of anilines is 1. The van der Waals surface area contributed by atoms with Gasteiger partial charge in [0, 0.05) is 31.0 Å². The van der Waals surface area contributed by atoms with Gasteiger partial charge in [0.05, 0.1) is 25.0 Å². The zero-order chi connectivity index (χ0) is 18.3. The fraction of sp³-hybridized carbons (Fsp3) is 0.444. The SMILES string of the molecule is Cc1cc(C)n(-c2ccc(N3CCOC(C)(c4cnn(C)c4)C3)nn2)n1. The van der Waals surface area contributed by atoms with Gasteiger partial charge in [-0.3, -0.25) is 4.68 Å². The molecule has 1 atom stereocenters. The van der Waals surface area contributed by atoms with Crippen LogP contribution in [0.1, 0.15) is 23.9 Å². The van der Waals surface area contributed by atoms with Gasteiger partial charge in [-0.2, -0.15) is 10.2 Å². The van der Waals surface area contributed by atoms with Gasteiger partial charge >= 0.3 is 0 Å². The molecule has 136 valence electrons. The predicted molar refractivity (Wildman–Crippen MR) is 97.4 cm³/mol. The van der Waals surface area contributed by atoms with Crippen LogP contribution in [0.25, 0.3) is 5.82 Å². The van der Waals surface area contributed by atoms with E-state index in [1.54, 1.807) is 4.68 Å². The van der Waals surface area contributed by atoms with Crippen molar-refractivity contribution in [1.29, 1.82) is 0 Å². The van der Waals surface area contributed by atoms with Crippen molar-refractivity contribution in [3.05, 3.63) is 47.5 Å². The molecular formula is C18H23N7O. The normalized spacial score (nSPS) is 20.5. The fourth-order valence-electron chi connectivity index (χ4n) is 3.40. The second kappa shape index (κ2) is 6.21. The molecule has 8 nitrogen and oxygen atoms in total. The average molecular weight is 353 g/mol. The highest BCUT2D eigenvalue weighted by Gasteiger charge is 2.35. The Hall–Kier alpha value is -2.74. The number of hydrogen-bond donors (Lipinski definition) is 0. The third-order valence-electron chi connectivity index (χ3n) is 4.78. The smallest absolute Gasteiger partial charge is 0.176 e. The van der Waals surface area contributed by atoms with Crippen LogP contribution in [0.15, 0.2) is 30.6 Å². The number of ether oxygens (including phenoxy) is 1. The first-order chi connectivity index (χ1) is 12.4. The number of hydrogen-bond acceptors (Lipinski definition) is 6. The van der Waals surface area contributed by atoms with Gasteiger partial charge in [0.25, 0.3) is 0 Å². The Morgan fingerprint density at radius 2 is 1.92 bits per heavy atom. The van der Waals surface area contributed by atoms with Gasteiger partial charge in [-0.05, 0) is 39.0 Å². The Kier molecular flexibility index (Phi) is 3.99. The first kappa shape index (κ1) is 16.7. The largest absolute Gasteiger partial charge is 0.367 e. The Morgan fingerprint density at radius 1 is 1.15 bits per heavy atom. The minimum absolute atomic E-state index is 0.414. The first-order valence-electron chi connectivity index (χ1n) is 8.70. The summed E-state index contributed by atoms with van der Waals surface area (Å²) in [6.45, 7) is 8.19. The number of rotatable bonds is 3. The second-order valence-corrected chi connectivity index (χ2v) is 6.99. The van der Waals surface area contributed by atoms with Crippen molar-refractivity contribution in [1.82, 2.24) is 29.8 Å². The molecule has 1 aliphatic rings. The van der Waals surface area contributed by atoms with Gasteiger partial charge < -0.3 is 9.64 Å². The standard InChI is InChI=1S/C18H23N7O/c1-13-9-14(2)25(22-13)17-6-5-16(20-21-17)24-7-8-26-18(3,12-24)15-10-19-23(4)11-15/h5-6,9-11H,7-8,12H2,1-4H3. The van der Waals surface area contributed by atoms with E-state index in [1.807, 2.05) is 56.2 Å². The lowest BCUT2D eigenvalue weighted by molar-refractivity contribution is -0.0468. The molecule has 0 amide bonds. The molecule has 0 aromatic carbocycles. The van der Waals surface area contributed by atoms with Gasteiger partial charge in [0.2, 0.25) is 0 Å². The van der Waals surface area contributed by atoms with Crippen LogP contribution in [0.4, 0.5) is 5.82 Å². The van der Waals surface area contributed by atoms with Crippen LogP contribution in [-0.4, -0.2) is 49.5 Å². The Balaban J connectivity index is 1.56. The van der Waals surface area contributed by atoms with Crippen molar-refractivity contribution >= 4 is 5.82 Å². The summed E-state index contributed by atoms with van der Waals surface area (Å²) in [6, 6.07) is 5.98. The Morgan fingerprint density at radius 3 is 2.54 bits per heavy atom. The maximum Gasteiger partial charge on any atom is 0.176 e. The van der Waals surface area contributed by atoms with Crippen molar-refractivity contribution in [3.8, 4) is 5.82 Å². The molecule has 1 aliphatic heterocycles. The third-order valence-corrected chi connectivity index (χ3v) is 4.78. The topological polar surface area (TPSA) is 73.9 Å². The molecule has 1 fully saturated rings. The van der Waals surface area contributed by atoms with Crippen LogP contribution in [0, 0.1) is 13.8 Å². The maximum atomic E-state index is 6.07. The van der Waals surface area contributed by atoms with Gasteiger partial charge in [0.1, 0.15) is 5.60 Å². The second-order valence-electron chi connectivity index (χ2n) is 6.99. The summed E-state index contributed by atoms with van der Waals surface area (Å²) in [5.74, 6) is 1.57. The molecule has 4 heterocycles. The molecule has 0 N–H and O–H groups in total. The van der Waals surface area contributed by atoms with E-state index in [0.717, 1.165) is 35.1 Å². The summed E-state index contributed by atoms with van der Waals surface area (Å²) in [6.07, 6.45) is 3.86. The minimum Gasteiger partial charge on any atom is -0.367 e. The zero-order valence-corrected chi connectivity index (χ0v) is 15.5. The monoisotopic (exact) mass is 353 g/mol. The van der Waals surface area contributed by atoms with Gasteiger partial charge in [-0.25, -0.2) is 4.68 Å². The van der Waals surface area contributed by atoms with Crippen LogP contribution < -0.4 is 4.90 Å². The van der Waals surface area contributed by atoms with E-state index in [1.165, 1.54) is 0 Å². The molecule has 1 unspecified atom stereocenters. The highest BCUT2D eigenvalue weighted by molar-refractivity contribution is 5.42. The minimum atomic E-state index is -0.414. The van der Waals surface area contributed by atoms with E-state index < -0.39 is 5.60 Å². The lowest BCUT2D eigenvalue weighted by Crippen LogP contribution is -2.48. The summed E-state index contributed by atoms with van der Waals surface area (Å²) in [5.41, 5.74) is 2.66. The highest BCUT2D eigenvalue weighted by atomic mass is 16.5. The molecule has 0 aliphatic carbocycles. The molecule has 3 aromatic rings. The van der Waals surface area contributed by atoms with Gasteiger partial charge in [-0.15, -0.1) is 10.2 Å². The maximum absolute atomic E-state index is 6.07. The Bertz CT molecular complexity index is 914. The van der Waals surface area contributed by atoms with Crippen molar-refractivity contribution < 1.29 is 4.74 Å². The predicted octanol–water partition coefficient (Wildman–Crippen LogP) is 1.76. The quantitative estimate of drug-likeness (QED) is 0.714. The summed E-state index contributed by atoms with van der Waals surface area (Å²) in [4.78, 5) is 2.20. The number of morpholine rings is 1. The van der Waals surface area contributed by atoms with Gasteiger partial charge in [-0.1, -0.05) is 0 Å². The van der Waals surface area contributed by atoms with Crippen LogP contribution in [0.5, 0.6) is 0 Å². The van der Waals surface area contributed by atoms with Crippen LogP contribution in [-0.2, 0) is 17.4 Å². The van der Waals surface area contributed by atoms with Crippen LogP contribution >= 0.6 is 0 Å². The van der Waals surface area contributed by atoms with Crippen LogP contribution in [0.2, 0.25) is 0 Å². The van der Waals surface area contributed by atoms with E-state index in [9.17, 15) is 0 Å².